The lowest BCUT2D eigenvalue weighted by Crippen LogP contribution is -2.26. The zero-order valence-electron chi connectivity index (χ0n) is 5.78. The largest absolute Gasteiger partial charge is 0.370 e. The van der Waals surface area contributed by atoms with Crippen molar-refractivity contribution in [3.8, 4) is 0 Å². The smallest absolute Gasteiger partial charge is 0.261 e. The lowest BCUT2D eigenvalue weighted by Gasteiger charge is -1.90. The molecule has 7 N–H and O–H groups in total. The fourth-order valence-corrected chi connectivity index (χ4v) is 0.286. The Morgan fingerprint density at radius 2 is 2.00 bits per heavy atom. The third kappa shape index (κ3) is 5.91. The number of nitrogens with zero attached hydrogens (tertiary/aromatic N) is 3. The molecule has 0 bridgehead atoms. The van der Waals surface area contributed by atoms with Gasteiger partial charge in [0.2, 0.25) is 0 Å². The van der Waals surface area contributed by atoms with Gasteiger partial charge in [-0.25, -0.2) is 9.98 Å². The van der Waals surface area contributed by atoms with Crippen molar-refractivity contribution in [2.45, 2.75) is 0 Å². The highest BCUT2D eigenvalue weighted by Gasteiger charge is 1.87. The van der Waals surface area contributed by atoms with E-state index in [1.807, 2.05) is 0 Å². The third-order valence-electron chi connectivity index (χ3n) is 0.665. The molecule has 0 saturated carbocycles. The van der Waals surface area contributed by atoms with Gasteiger partial charge in [0.25, 0.3) is 5.96 Å². The zero-order chi connectivity index (χ0) is 8.69. The standard InChI is InChI=1S/C4H9N7/c1-8-11-4(7)10-2-9-3(5)6/h2H2,(H4,5,6,9)(H3,7,10,11). The van der Waals surface area contributed by atoms with Gasteiger partial charge in [0.1, 0.15) is 6.67 Å². The van der Waals surface area contributed by atoms with Crippen LogP contribution in [0, 0.1) is 6.57 Å². The summed E-state index contributed by atoms with van der Waals surface area (Å²) in [4.78, 5) is 9.85. The molecule has 0 heterocycles. The van der Waals surface area contributed by atoms with Crippen molar-refractivity contribution >= 4 is 11.9 Å². The van der Waals surface area contributed by atoms with E-state index in [9.17, 15) is 0 Å². The van der Waals surface area contributed by atoms with Gasteiger partial charge < -0.3 is 17.2 Å². The van der Waals surface area contributed by atoms with Crippen LogP contribution in [0.5, 0.6) is 0 Å². The zero-order valence-corrected chi connectivity index (χ0v) is 5.78. The monoisotopic (exact) mass is 155 g/mol. The van der Waals surface area contributed by atoms with Crippen LogP contribution in [0.4, 0.5) is 0 Å². The van der Waals surface area contributed by atoms with E-state index in [4.69, 9.17) is 23.8 Å². The van der Waals surface area contributed by atoms with E-state index in [0.29, 0.717) is 0 Å². The second-order valence-corrected chi connectivity index (χ2v) is 1.49. The van der Waals surface area contributed by atoms with Gasteiger partial charge in [-0.15, -0.1) is 0 Å². The molecule has 11 heavy (non-hydrogen) atoms. The number of nitrogens with one attached hydrogen (secondary N) is 1. The van der Waals surface area contributed by atoms with Gasteiger partial charge in [0.05, 0.1) is 0 Å². The summed E-state index contributed by atoms with van der Waals surface area (Å²) in [5.41, 5.74) is 17.2. The molecule has 0 aromatic heterocycles. The summed E-state index contributed by atoms with van der Waals surface area (Å²) in [5, 5.41) is 0. The molecule has 0 aromatic rings. The first-order chi connectivity index (χ1) is 5.16. The summed E-state index contributed by atoms with van der Waals surface area (Å²) in [6.45, 7) is 6.35. The van der Waals surface area contributed by atoms with Gasteiger partial charge in [-0.05, 0) is 0 Å². The molecule has 0 aromatic carbocycles. The van der Waals surface area contributed by atoms with E-state index >= 15 is 0 Å². The topological polar surface area (TPSA) is 119 Å². The minimum absolute atomic E-state index is 0.00926. The van der Waals surface area contributed by atoms with Crippen molar-refractivity contribution in [3.63, 3.8) is 0 Å². The Labute approximate surface area is 63.8 Å². The van der Waals surface area contributed by atoms with E-state index < -0.39 is 0 Å². The molecule has 0 radical (unpaired) electrons. The van der Waals surface area contributed by atoms with Crippen molar-refractivity contribution in [2.75, 3.05) is 6.67 Å². The fourth-order valence-electron chi connectivity index (χ4n) is 0.286. The van der Waals surface area contributed by atoms with Gasteiger partial charge in [-0.3, -0.25) is 0 Å². The van der Waals surface area contributed by atoms with Crippen molar-refractivity contribution in [1.82, 2.24) is 5.43 Å². The molecular weight excluding hydrogens is 146 g/mol. The molecule has 7 heteroatoms. The molecule has 0 atom stereocenters. The average Bonchev–Trinajstić information content (AvgIpc) is 1.87. The van der Waals surface area contributed by atoms with Crippen LogP contribution in [0.15, 0.2) is 9.98 Å². The maximum atomic E-state index is 6.32. The predicted molar refractivity (Wildman–Crippen MR) is 42.0 cm³/mol. The van der Waals surface area contributed by atoms with Crippen LogP contribution < -0.4 is 22.6 Å². The molecule has 0 saturated heterocycles. The van der Waals surface area contributed by atoms with E-state index in [1.54, 1.807) is 0 Å². The summed E-state index contributed by atoms with van der Waals surface area (Å²) in [6.07, 6.45) is 0. The highest BCUT2D eigenvalue weighted by Crippen LogP contribution is 1.70. The summed E-state index contributed by atoms with van der Waals surface area (Å²) < 4.78 is 0. The van der Waals surface area contributed by atoms with Gasteiger partial charge in [-0.1, -0.05) is 5.43 Å². The van der Waals surface area contributed by atoms with Crippen LogP contribution in [-0.2, 0) is 0 Å². The van der Waals surface area contributed by atoms with Crippen LogP contribution in [0.1, 0.15) is 0 Å². The van der Waals surface area contributed by atoms with Crippen LogP contribution in [0.25, 0.3) is 4.95 Å². The fraction of sp³-hybridized carbons (Fsp3) is 0.250. The van der Waals surface area contributed by atoms with Gasteiger partial charge in [0.15, 0.2) is 5.96 Å². The normalized spacial score (nSPS) is 9.91. The Balaban J connectivity index is 3.76. The maximum absolute atomic E-state index is 6.32. The van der Waals surface area contributed by atoms with Crippen molar-refractivity contribution < 1.29 is 0 Å². The first-order valence-corrected chi connectivity index (χ1v) is 2.64. The molecule has 0 spiro atoms. The second-order valence-electron chi connectivity index (χ2n) is 1.49. The number of aliphatic imine (C=N–C) groups is 2. The Hall–Kier alpha value is -1.97. The number of rotatable bonds is 2. The highest BCUT2D eigenvalue weighted by molar-refractivity contribution is 5.79. The van der Waals surface area contributed by atoms with Crippen LogP contribution in [-0.4, -0.2) is 18.6 Å². The summed E-state index contributed by atoms with van der Waals surface area (Å²) in [5.74, 6) is -0.0747. The molecule has 0 aliphatic rings. The van der Waals surface area contributed by atoms with E-state index in [2.05, 4.69) is 20.4 Å². The Morgan fingerprint density at radius 1 is 1.36 bits per heavy atom. The van der Waals surface area contributed by atoms with Crippen LogP contribution in [0.2, 0.25) is 0 Å². The Kier molecular flexibility index (Phi) is 4.00. The number of hydrogen-bond donors (Lipinski definition) is 4. The summed E-state index contributed by atoms with van der Waals surface area (Å²) in [7, 11) is 0. The molecule has 0 amide bonds. The third-order valence-corrected chi connectivity index (χ3v) is 0.665. The predicted octanol–water partition coefficient (Wildman–Crippen LogP) is -2.04. The first-order valence-electron chi connectivity index (χ1n) is 2.64. The second kappa shape index (κ2) is 4.87. The summed E-state index contributed by atoms with van der Waals surface area (Å²) in [6, 6.07) is 0. The van der Waals surface area contributed by atoms with Gasteiger partial charge >= 0.3 is 0 Å². The molecular formula is C4H9N7. The molecule has 0 aliphatic carbocycles. The molecule has 60 valence electrons. The number of hydrogen-bond acceptors (Lipinski definition) is 2. The SMILES string of the molecule is [C-]#[N+]NC(N)=NCN=C(N)N. The lowest BCUT2D eigenvalue weighted by atomic mass is 10.9. The highest BCUT2D eigenvalue weighted by atomic mass is 15.3. The van der Waals surface area contributed by atoms with Crippen molar-refractivity contribution in [1.29, 1.82) is 0 Å². The van der Waals surface area contributed by atoms with Crippen LogP contribution in [0.3, 0.4) is 0 Å². The first kappa shape index (κ1) is 9.03. The molecule has 0 unspecified atom stereocenters. The molecule has 0 rings (SSSR count). The average molecular weight is 155 g/mol. The molecule has 7 nitrogen and oxygen atoms in total. The summed E-state index contributed by atoms with van der Waals surface area (Å²) >= 11 is 0. The van der Waals surface area contributed by atoms with Gasteiger partial charge in [0, 0.05) is 0 Å². The molecule has 0 aliphatic heterocycles. The Bertz CT molecular complexity index is 205. The minimum Gasteiger partial charge on any atom is -0.370 e. The number of nitrogens with two attached hydrogens (primary N) is 3. The quantitative estimate of drug-likeness (QED) is 0.159. The van der Waals surface area contributed by atoms with E-state index in [1.165, 1.54) is 0 Å². The lowest BCUT2D eigenvalue weighted by molar-refractivity contribution is 1.02. The van der Waals surface area contributed by atoms with Crippen LogP contribution >= 0.6 is 0 Å². The molecule has 0 fully saturated rings. The van der Waals surface area contributed by atoms with Crippen molar-refractivity contribution in [2.24, 2.45) is 27.2 Å². The minimum atomic E-state index is -0.0654. The van der Waals surface area contributed by atoms with E-state index in [0.717, 1.165) is 0 Å². The van der Waals surface area contributed by atoms with E-state index in [-0.39, 0.29) is 18.6 Å². The Morgan fingerprint density at radius 3 is 2.45 bits per heavy atom. The maximum Gasteiger partial charge on any atom is 0.261 e. The van der Waals surface area contributed by atoms with Crippen molar-refractivity contribution in [3.05, 3.63) is 11.5 Å². The number of guanidine groups is 2. The van der Waals surface area contributed by atoms with Gasteiger partial charge in [-0.2, -0.15) is 11.5 Å².